The summed E-state index contributed by atoms with van der Waals surface area (Å²) in [7, 11) is 1.48. The number of halogens is 3. The Balaban J connectivity index is 1.43. The van der Waals surface area contributed by atoms with Gasteiger partial charge in [-0.05, 0) is 65.9 Å². The van der Waals surface area contributed by atoms with Gasteiger partial charge >= 0.3 is 0 Å². The second kappa shape index (κ2) is 11.7. The van der Waals surface area contributed by atoms with Crippen molar-refractivity contribution in [3.8, 4) is 11.5 Å². The predicted molar refractivity (Wildman–Crippen MR) is 141 cm³/mol. The predicted octanol–water partition coefficient (Wildman–Crippen LogP) is 6.40. The number of hydrogen-bond donors (Lipinski definition) is 1. The fourth-order valence-electron chi connectivity index (χ4n) is 3.39. The van der Waals surface area contributed by atoms with Crippen LogP contribution in [0.3, 0.4) is 0 Å². The molecule has 0 aromatic heterocycles. The van der Waals surface area contributed by atoms with E-state index in [9.17, 15) is 18.8 Å². The number of methoxy groups -OCH3 is 1. The van der Waals surface area contributed by atoms with Crippen LogP contribution in [0.2, 0.25) is 10.0 Å². The monoisotopic (exact) mass is 560 g/mol. The summed E-state index contributed by atoms with van der Waals surface area (Å²) in [6.45, 7) is -0.315. The lowest BCUT2D eigenvalue weighted by Crippen LogP contribution is -2.36. The van der Waals surface area contributed by atoms with Gasteiger partial charge in [0.2, 0.25) is 5.91 Å². The Hall–Kier alpha value is -3.53. The van der Waals surface area contributed by atoms with E-state index in [1.54, 1.807) is 36.4 Å². The van der Waals surface area contributed by atoms with E-state index in [1.165, 1.54) is 31.4 Å². The number of carbonyl (C=O) groups excluding carboxylic acids is 3. The highest BCUT2D eigenvalue weighted by Gasteiger charge is 2.36. The van der Waals surface area contributed by atoms with Gasteiger partial charge in [0, 0.05) is 21.3 Å². The zero-order valence-corrected chi connectivity index (χ0v) is 21.6. The first-order valence-corrected chi connectivity index (χ1v) is 12.4. The molecule has 1 saturated heterocycles. The third-order valence-electron chi connectivity index (χ3n) is 5.17. The second-order valence-electron chi connectivity index (χ2n) is 7.76. The normalized spacial score (nSPS) is 14.3. The van der Waals surface area contributed by atoms with Crippen LogP contribution in [0.15, 0.2) is 65.6 Å². The highest BCUT2D eigenvalue weighted by Crippen LogP contribution is 2.35. The molecule has 0 radical (unpaired) electrons. The van der Waals surface area contributed by atoms with Gasteiger partial charge in [0.15, 0.2) is 11.5 Å². The molecule has 4 rings (SSSR count). The minimum absolute atomic E-state index is 0.146. The van der Waals surface area contributed by atoms with Crippen LogP contribution in [0.25, 0.3) is 6.08 Å². The fourth-order valence-corrected chi connectivity index (χ4v) is 4.69. The first-order chi connectivity index (χ1) is 17.7. The number of nitrogens with one attached hydrogen (secondary N) is 1. The summed E-state index contributed by atoms with van der Waals surface area (Å²) in [4.78, 5) is 38.5. The average molecular weight is 561 g/mol. The Bertz CT molecular complexity index is 1420. The second-order valence-corrected chi connectivity index (χ2v) is 9.60. The lowest BCUT2D eigenvalue weighted by molar-refractivity contribution is -0.127. The summed E-state index contributed by atoms with van der Waals surface area (Å²) in [5.41, 5.74) is 1.55. The maximum atomic E-state index is 13.3. The number of nitrogens with zero attached hydrogens (tertiary/aromatic N) is 1. The molecule has 0 unspecified atom stereocenters. The molecule has 37 heavy (non-hydrogen) atoms. The van der Waals surface area contributed by atoms with Gasteiger partial charge in [0.05, 0.1) is 12.0 Å². The summed E-state index contributed by atoms with van der Waals surface area (Å²) < 4.78 is 24.6. The molecular formula is C26H19Cl2FN2O5S. The Morgan fingerprint density at radius 3 is 2.62 bits per heavy atom. The zero-order chi connectivity index (χ0) is 26.5. The number of thioether (sulfide) groups is 1. The van der Waals surface area contributed by atoms with Gasteiger partial charge in [0.25, 0.3) is 11.1 Å². The topological polar surface area (TPSA) is 84.9 Å². The van der Waals surface area contributed by atoms with E-state index in [-0.39, 0.29) is 17.2 Å². The Morgan fingerprint density at radius 2 is 1.89 bits per heavy atom. The molecule has 1 aliphatic rings. The van der Waals surface area contributed by atoms with Crippen molar-refractivity contribution in [1.82, 2.24) is 4.90 Å². The zero-order valence-electron chi connectivity index (χ0n) is 19.3. The molecule has 0 atom stereocenters. The molecule has 3 aromatic carbocycles. The van der Waals surface area contributed by atoms with Crippen molar-refractivity contribution in [2.75, 3.05) is 19.0 Å². The van der Waals surface area contributed by atoms with Gasteiger partial charge < -0.3 is 14.8 Å². The van der Waals surface area contributed by atoms with E-state index in [4.69, 9.17) is 32.7 Å². The number of benzene rings is 3. The van der Waals surface area contributed by atoms with Crippen LogP contribution in [0.5, 0.6) is 11.5 Å². The van der Waals surface area contributed by atoms with Crippen LogP contribution in [-0.2, 0) is 16.2 Å². The molecule has 1 heterocycles. The highest BCUT2D eigenvalue weighted by molar-refractivity contribution is 8.18. The quantitative estimate of drug-likeness (QED) is 0.321. The summed E-state index contributed by atoms with van der Waals surface area (Å²) in [6.07, 6.45) is 1.53. The van der Waals surface area contributed by atoms with Gasteiger partial charge in [-0.15, -0.1) is 0 Å². The minimum Gasteiger partial charge on any atom is -0.493 e. The summed E-state index contributed by atoms with van der Waals surface area (Å²) in [6, 6.07) is 15.4. The van der Waals surface area contributed by atoms with E-state index >= 15 is 0 Å². The summed E-state index contributed by atoms with van der Waals surface area (Å²) in [5.74, 6) is -0.896. The molecule has 3 aromatic rings. The van der Waals surface area contributed by atoms with Crippen molar-refractivity contribution in [3.63, 3.8) is 0 Å². The van der Waals surface area contributed by atoms with Crippen LogP contribution in [0.4, 0.5) is 14.9 Å². The third-order valence-corrected chi connectivity index (χ3v) is 6.66. The number of imide groups is 1. The molecule has 3 amide bonds. The molecule has 190 valence electrons. The Morgan fingerprint density at radius 1 is 1.08 bits per heavy atom. The third kappa shape index (κ3) is 6.62. The standard InChI is InChI=1S/C26H19Cl2FN2O5S/c1-35-22-9-15(5-8-21(22)36-14-16-6-7-17(27)11-20(16)28)10-23-25(33)31(26(34)37-23)13-24(32)30-19-4-2-3-18(29)12-19/h2-12H,13-14H2,1H3,(H,30,32)/b23-10+. The number of hydrogen-bond acceptors (Lipinski definition) is 6. The maximum absolute atomic E-state index is 13.3. The van der Waals surface area contributed by atoms with Crippen molar-refractivity contribution in [1.29, 1.82) is 0 Å². The first kappa shape index (κ1) is 26.5. The minimum atomic E-state index is -0.627. The van der Waals surface area contributed by atoms with Crippen molar-refractivity contribution in [3.05, 3.63) is 92.6 Å². The van der Waals surface area contributed by atoms with Crippen LogP contribution in [0, 0.1) is 5.82 Å². The van der Waals surface area contributed by atoms with Crippen LogP contribution < -0.4 is 14.8 Å². The fraction of sp³-hybridized carbons (Fsp3) is 0.115. The smallest absolute Gasteiger partial charge is 0.294 e. The Labute approximate surface area is 226 Å². The number of anilines is 1. The maximum Gasteiger partial charge on any atom is 0.294 e. The van der Waals surface area contributed by atoms with E-state index < -0.39 is 29.4 Å². The molecule has 0 saturated carbocycles. The number of carbonyl (C=O) groups is 3. The van der Waals surface area contributed by atoms with Gasteiger partial charge in [-0.2, -0.15) is 0 Å². The molecule has 1 aliphatic heterocycles. The molecule has 0 aliphatic carbocycles. The van der Waals surface area contributed by atoms with Crippen molar-refractivity contribution in [2.45, 2.75) is 6.61 Å². The first-order valence-electron chi connectivity index (χ1n) is 10.8. The highest BCUT2D eigenvalue weighted by atomic mass is 35.5. The van der Waals surface area contributed by atoms with E-state index in [1.807, 2.05) is 0 Å². The van der Waals surface area contributed by atoms with E-state index in [0.717, 1.165) is 16.5 Å². The SMILES string of the molecule is COc1cc(/C=C2/SC(=O)N(CC(=O)Nc3cccc(F)c3)C2=O)ccc1OCc1ccc(Cl)cc1Cl. The number of rotatable bonds is 8. The van der Waals surface area contributed by atoms with Crippen molar-refractivity contribution < 1.29 is 28.2 Å². The summed E-state index contributed by atoms with van der Waals surface area (Å²) in [5, 5.41) is 2.88. The Kier molecular flexibility index (Phi) is 8.38. The molecule has 11 heteroatoms. The van der Waals surface area contributed by atoms with Crippen molar-refractivity contribution in [2.24, 2.45) is 0 Å². The van der Waals surface area contributed by atoms with Gasteiger partial charge in [-0.3, -0.25) is 19.3 Å². The van der Waals surface area contributed by atoms with Crippen molar-refractivity contribution >= 4 is 63.8 Å². The van der Waals surface area contributed by atoms with Crippen LogP contribution >= 0.6 is 35.0 Å². The molecule has 0 bridgehead atoms. The van der Waals surface area contributed by atoms with Gasteiger partial charge in [-0.1, -0.05) is 41.4 Å². The van der Waals surface area contributed by atoms with Crippen LogP contribution in [-0.4, -0.2) is 35.6 Å². The average Bonchev–Trinajstić information content (AvgIpc) is 3.11. The number of ether oxygens (including phenoxy) is 2. The van der Waals surface area contributed by atoms with E-state index in [0.29, 0.717) is 38.9 Å². The molecule has 7 nitrogen and oxygen atoms in total. The molecule has 1 fully saturated rings. The molecule has 1 N–H and O–H groups in total. The molecular weight excluding hydrogens is 542 g/mol. The van der Waals surface area contributed by atoms with E-state index in [2.05, 4.69) is 5.32 Å². The summed E-state index contributed by atoms with van der Waals surface area (Å²) >= 11 is 12.8. The lowest BCUT2D eigenvalue weighted by Gasteiger charge is -2.13. The number of amides is 3. The van der Waals surface area contributed by atoms with Gasteiger partial charge in [0.1, 0.15) is 19.0 Å². The largest absolute Gasteiger partial charge is 0.493 e. The lowest BCUT2D eigenvalue weighted by atomic mass is 10.1. The molecule has 0 spiro atoms. The van der Waals surface area contributed by atoms with Crippen LogP contribution in [0.1, 0.15) is 11.1 Å². The van der Waals surface area contributed by atoms with Gasteiger partial charge in [-0.25, -0.2) is 4.39 Å².